The largest absolute Gasteiger partial charge is 0.480 e. The monoisotopic (exact) mass is 242 g/mol. The van der Waals surface area contributed by atoms with Gasteiger partial charge in [0, 0.05) is 13.0 Å². The quantitative estimate of drug-likeness (QED) is 0.556. The minimum Gasteiger partial charge on any atom is -0.480 e. The lowest BCUT2D eigenvalue weighted by Gasteiger charge is -2.17. The zero-order chi connectivity index (χ0) is 13.3. The fourth-order valence-electron chi connectivity index (χ4n) is 1.08. The van der Waals surface area contributed by atoms with Crippen molar-refractivity contribution in [1.82, 2.24) is 10.6 Å². The maximum Gasteiger partial charge on any atom is 0.327 e. The molecular weight excluding hydrogens is 224 g/mol. The second kappa shape index (κ2) is 8.42. The van der Waals surface area contributed by atoms with Crippen molar-refractivity contribution in [2.75, 3.05) is 13.2 Å². The third-order valence-corrected chi connectivity index (χ3v) is 1.87. The number of hydrogen-bond acceptors (Lipinski definition) is 3. The summed E-state index contributed by atoms with van der Waals surface area (Å²) in [5, 5.41) is 13.6. The van der Waals surface area contributed by atoms with Gasteiger partial charge in [-0.1, -0.05) is 0 Å². The van der Waals surface area contributed by atoms with Gasteiger partial charge in [0.1, 0.15) is 6.04 Å². The molecule has 0 bridgehead atoms. The number of amides is 2. The summed E-state index contributed by atoms with van der Waals surface area (Å²) in [5.41, 5.74) is 0. The zero-order valence-electron chi connectivity index (χ0n) is 10.0. The predicted octanol–water partition coefficient (Wildman–Crippen LogP) is 0.187. The van der Waals surface area contributed by atoms with Crippen molar-refractivity contribution >= 4 is 12.0 Å². The third kappa shape index (κ3) is 7.19. The Labute approximate surface area is 101 Å². The van der Waals surface area contributed by atoms with E-state index >= 15 is 0 Å². The minimum atomic E-state index is -1.16. The van der Waals surface area contributed by atoms with Crippen LogP contribution in [0.15, 0.2) is 0 Å². The number of rotatable bonds is 7. The molecule has 17 heavy (non-hydrogen) atoms. The second-order valence-corrected chi connectivity index (χ2v) is 3.48. The summed E-state index contributed by atoms with van der Waals surface area (Å²) in [5.74, 6) is 1.04. The minimum absolute atomic E-state index is 0.0530. The highest BCUT2D eigenvalue weighted by Crippen LogP contribution is 1.91. The van der Waals surface area contributed by atoms with Gasteiger partial charge in [-0.2, -0.15) is 0 Å². The van der Waals surface area contributed by atoms with E-state index in [2.05, 4.69) is 16.6 Å². The molecule has 0 heterocycles. The molecule has 0 saturated carbocycles. The molecule has 3 N–H and O–H groups in total. The van der Waals surface area contributed by atoms with Gasteiger partial charge in [0.25, 0.3) is 0 Å². The highest BCUT2D eigenvalue weighted by Gasteiger charge is 2.19. The van der Waals surface area contributed by atoms with E-state index in [0.717, 1.165) is 0 Å². The summed E-state index contributed by atoms with van der Waals surface area (Å²) >= 11 is 0. The Bertz CT molecular complexity index is 298. The van der Waals surface area contributed by atoms with E-state index in [-0.39, 0.29) is 12.5 Å². The molecule has 2 amide bonds. The number of nitrogens with one attached hydrogen (secondary N) is 2. The Hall–Kier alpha value is -1.74. The lowest BCUT2D eigenvalue weighted by atomic mass is 10.2. The molecule has 6 heteroatoms. The van der Waals surface area contributed by atoms with E-state index in [0.29, 0.717) is 13.2 Å². The number of hydrogen-bond donors (Lipinski definition) is 3. The molecule has 0 fully saturated rings. The Morgan fingerprint density at radius 3 is 2.59 bits per heavy atom. The maximum absolute atomic E-state index is 11.4. The number of terminal acetylenes is 1. The summed E-state index contributed by atoms with van der Waals surface area (Å²) in [6.07, 6.45) is 4.95. The molecular formula is C11H18N2O4. The lowest BCUT2D eigenvalue weighted by Crippen LogP contribution is -2.49. The Morgan fingerprint density at radius 1 is 1.47 bits per heavy atom. The van der Waals surface area contributed by atoms with Crippen LogP contribution in [-0.2, 0) is 9.53 Å². The molecule has 2 unspecified atom stereocenters. The molecule has 0 aliphatic carbocycles. The van der Waals surface area contributed by atoms with Crippen molar-refractivity contribution in [2.24, 2.45) is 0 Å². The van der Waals surface area contributed by atoms with Gasteiger partial charge in [0.05, 0.1) is 12.6 Å². The van der Waals surface area contributed by atoms with Crippen LogP contribution in [0.1, 0.15) is 20.3 Å². The summed E-state index contributed by atoms with van der Waals surface area (Å²) in [7, 11) is 0. The van der Waals surface area contributed by atoms with E-state index in [9.17, 15) is 9.59 Å². The summed E-state index contributed by atoms with van der Waals surface area (Å²) in [6, 6.07) is -1.84. The number of carboxylic acid groups (broad SMARTS) is 1. The molecule has 0 saturated heterocycles. The number of carbonyl (C=O) groups is 2. The highest BCUT2D eigenvalue weighted by molar-refractivity contribution is 5.82. The van der Waals surface area contributed by atoms with Gasteiger partial charge in [0.15, 0.2) is 0 Å². The molecule has 0 rings (SSSR count). The fourth-order valence-corrected chi connectivity index (χ4v) is 1.08. The van der Waals surface area contributed by atoms with Crippen molar-refractivity contribution in [3.05, 3.63) is 0 Å². The average Bonchev–Trinajstić information content (AvgIpc) is 2.25. The highest BCUT2D eigenvalue weighted by atomic mass is 16.5. The average molecular weight is 242 g/mol. The number of urea groups is 1. The summed E-state index contributed by atoms with van der Waals surface area (Å²) in [4.78, 5) is 22.1. The van der Waals surface area contributed by atoms with Crippen LogP contribution in [0.4, 0.5) is 4.79 Å². The fraction of sp³-hybridized carbons (Fsp3) is 0.636. The van der Waals surface area contributed by atoms with Crippen LogP contribution in [0.3, 0.4) is 0 Å². The van der Waals surface area contributed by atoms with Gasteiger partial charge in [-0.3, -0.25) is 0 Å². The number of ether oxygens (including phenoxy) is 1. The lowest BCUT2D eigenvalue weighted by molar-refractivity contribution is -0.139. The standard InChI is InChI=1S/C11H18N2O4/c1-4-6-9(10(14)15)13-11(16)12-8(3)7-17-5-2/h1,8-9H,5-7H2,2-3H3,(H,14,15)(H2,12,13,16). The molecule has 0 spiro atoms. The molecule has 0 aromatic rings. The first-order chi connectivity index (χ1) is 8.01. The van der Waals surface area contributed by atoms with Crippen LogP contribution >= 0.6 is 0 Å². The van der Waals surface area contributed by atoms with Gasteiger partial charge < -0.3 is 20.5 Å². The van der Waals surface area contributed by atoms with Gasteiger partial charge in [-0.05, 0) is 13.8 Å². The van der Waals surface area contributed by atoms with Crippen molar-refractivity contribution in [3.63, 3.8) is 0 Å². The van der Waals surface area contributed by atoms with Crippen LogP contribution in [-0.4, -0.2) is 42.4 Å². The van der Waals surface area contributed by atoms with E-state index < -0.39 is 18.0 Å². The van der Waals surface area contributed by atoms with Crippen molar-refractivity contribution in [1.29, 1.82) is 0 Å². The molecule has 0 aromatic heterocycles. The molecule has 0 aromatic carbocycles. The number of carbonyl (C=O) groups excluding carboxylic acids is 1. The van der Waals surface area contributed by atoms with E-state index in [1.807, 2.05) is 6.92 Å². The van der Waals surface area contributed by atoms with Crippen LogP contribution in [0.2, 0.25) is 0 Å². The first-order valence-corrected chi connectivity index (χ1v) is 5.32. The Kier molecular flexibility index (Phi) is 7.55. The normalized spacial score (nSPS) is 13.2. The van der Waals surface area contributed by atoms with E-state index in [1.54, 1.807) is 6.92 Å². The molecule has 0 radical (unpaired) electrons. The molecule has 96 valence electrons. The van der Waals surface area contributed by atoms with Crippen molar-refractivity contribution in [2.45, 2.75) is 32.4 Å². The summed E-state index contributed by atoms with van der Waals surface area (Å²) < 4.78 is 5.10. The van der Waals surface area contributed by atoms with Gasteiger partial charge >= 0.3 is 12.0 Å². The van der Waals surface area contributed by atoms with Crippen LogP contribution in [0.25, 0.3) is 0 Å². The van der Waals surface area contributed by atoms with Crippen LogP contribution < -0.4 is 10.6 Å². The molecule has 0 aliphatic heterocycles. The van der Waals surface area contributed by atoms with Gasteiger partial charge in [-0.25, -0.2) is 9.59 Å². The maximum atomic E-state index is 11.4. The second-order valence-electron chi connectivity index (χ2n) is 3.48. The number of aliphatic carboxylic acids is 1. The Balaban J connectivity index is 4.06. The molecule has 0 aliphatic rings. The van der Waals surface area contributed by atoms with E-state index in [1.165, 1.54) is 0 Å². The number of carboxylic acids is 1. The molecule has 6 nitrogen and oxygen atoms in total. The van der Waals surface area contributed by atoms with Gasteiger partial charge in [-0.15, -0.1) is 12.3 Å². The molecule has 2 atom stereocenters. The van der Waals surface area contributed by atoms with Crippen molar-refractivity contribution < 1.29 is 19.4 Å². The van der Waals surface area contributed by atoms with Gasteiger partial charge in [0.2, 0.25) is 0 Å². The van der Waals surface area contributed by atoms with Crippen LogP contribution in [0, 0.1) is 12.3 Å². The SMILES string of the molecule is C#CCC(NC(=O)NC(C)COCC)C(=O)O. The van der Waals surface area contributed by atoms with Crippen LogP contribution in [0.5, 0.6) is 0 Å². The first-order valence-electron chi connectivity index (χ1n) is 5.32. The Morgan fingerprint density at radius 2 is 2.12 bits per heavy atom. The summed E-state index contributed by atoms with van der Waals surface area (Å²) in [6.45, 7) is 4.53. The van der Waals surface area contributed by atoms with E-state index in [4.69, 9.17) is 16.3 Å². The smallest absolute Gasteiger partial charge is 0.327 e. The third-order valence-electron chi connectivity index (χ3n) is 1.87. The zero-order valence-corrected chi connectivity index (χ0v) is 10.0. The first kappa shape index (κ1) is 15.3. The predicted molar refractivity (Wildman–Crippen MR) is 62.5 cm³/mol. The topological polar surface area (TPSA) is 87.7 Å². The van der Waals surface area contributed by atoms with Crippen molar-refractivity contribution in [3.8, 4) is 12.3 Å².